The summed E-state index contributed by atoms with van der Waals surface area (Å²) in [5.41, 5.74) is 0.484. The van der Waals surface area contributed by atoms with Gasteiger partial charge < -0.3 is 14.6 Å². The molecule has 2 N–H and O–H groups in total. The van der Waals surface area contributed by atoms with Crippen molar-refractivity contribution in [3.8, 4) is 0 Å². The fourth-order valence-corrected chi connectivity index (χ4v) is 4.13. The van der Waals surface area contributed by atoms with Crippen LogP contribution in [0.4, 0.5) is 11.6 Å². The molecule has 0 fully saturated rings. The van der Waals surface area contributed by atoms with Crippen molar-refractivity contribution < 1.29 is 28.3 Å². The van der Waals surface area contributed by atoms with Gasteiger partial charge in [-0.3, -0.25) is 14.6 Å². The van der Waals surface area contributed by atoms with Gasteiger partial charge in [0.05, 0.1) is 11.6 Å². The van der Waals surface area contributed by atoms with Gasteiger partial charge in [0.15, 0.2) is 0 Å². The van der Waals surface area contributed by atoms with Crippen LogP contribution in [-0.2, 0) is 15.7 Å². The van der Waals surface area contributed by atoms with Crippen LogP contribution in [-0.4, -0.2) is 40.1 Å². The summed E-state index contributed by atoms with van der Waals surface area (Å²) in [6.45, 7) is 0.160. The van der Waals surface area contributed by atoms with Crippen LogP contribution >= 0.6 is 19.3 Å². The van der Waals surface area contributed by atoms with E-state index in [9.17, 15) is 19.5 Å². The van der Waals surface area contributed by atoms with Crippen molar-refractivity contribution in [3.63, 3.8) is 0 Å². The number of alkyl halides is 1. The van der Waals surface area contributed by atoms with Gasteiger partial charge >= 0.3 is 19.5 Å². The maximum Gasteiger partial charge on any atom is 0.433 e. The van der Waals surface area contributed by atoms with Crippen molar-refractivity contribution in [1.82, 2.24) is 4.67 Å². The standard InChI is InChI=1S/C17H21ClN3O7P/c1-20(11-3-2-10-18)29(26,19-14-6-4-13(5-7-14)17(22)23)27-12-15-8-9-16(28-15)21(24)25/h4-9H,2-3,10-12H2,1H3,(H,19,26)(H,22,23). The molecule has 10 nitrogen and oxygen atoms in total. The lowest BCUT2D eigenvalue weighted by molar-refractivity contribution is -0.402. The first-order valence-corrected chi connectivity index (χ1v) is 10.7. The second-order valence-electron chi connectivity index (χ2n) is 6.06. The van der Waals surface area contributed by atoms with Gasteiger partial charge in [-0.05, 0) is 50.2 Å². The molecule has 1 heterocycles. The predicted molar refractivity (Wildman–Crippen MR) is 107 cm³/mol. The van der Waals surface area contributed by atoms with E-state index in [2.05, 4.69) is 5.09 Å². The van der Waals surface area contributed by atoms with E-state index in [1.54, 1.807) is 7.05 Å². The van der Waals surface area contributed by atoms with E-state index in [4.69, 9.17) is 25.6 Å². The summed E-state index contributed by atoms with van der Waals surface area (Å²) >= 11 is 5.69. The van der Waals surface area contributed by atoms with Crippen LogP contribution < -0.4 is 5.09 Å². The quantitative estimate of drug-likeness (QED) is 0.158. The fraction of sp³-hybridized carbons (Fsp3) is 0.353. The van der Waals surface area contributed by atoms with E-state index in [-0.39, 0.29) is 17.9 Å². The minimum Gasteiger partial charge on any atom is -0.478 e. The zero-order valence-corrected chi connectivity index (χ0v) is 17.3. The molecule has 0 radical (unpaired) electrons. The first-order chi connectivity index (χ1) is 13.7. The normalized spacial score (nSPS) is 13.2. The number of nitrogens with zero attached hydrogens (tertiary/aromatic N) is 2. The van der Waals surface area contributed by atoms with E-state index in [0.29, 0.717) is 24.5 Å². The number of nitrogens with one attached hydrogen (secondary N) is 1. The molecular formula is C17H21ClN3O7P. The van der Waals surface area contributed by atoms with Crippen molar-refractivity contribution in [1.29, 1.82) is 0 Å². The minimum atomic E-state index is -3.63. The molecule has 1 aromatic carbocycles. The van der Waals surface area contributed by atoms with E-state index in [1.807, 2.05) is 0 Å². The lowest BCUT2D eigenvalue weighted by Gasteiger charge is -2.28. The van der Waals surface area contributed by atoms with Gasteiger partial charge in [0.25, 0.3) is 0 Å². The number of hydrogen-bond acceptors (Lipinski definition) is 6. The number of hydrogen-bond donors (Lipinski definition) is 2. The molecule has 29 heavy (non-hydrogen) atoms. The van der Waals surface area contributed by atoms with E-state index in [1.165, 1.54) is 41.1 Å². The van der Waals surface area contributed by atoms with E-state index >= 15 is 0 Å². The molecule has 0 aliphatic rings. The Kier molecular flexibility index (Phi) is 8.21. The highest BCUT2D eigenvalue weighted by molar-refractivity contribution is 7.58. The number of carbonyl (C=O) groups is 1. The summed E-state index contributed by atoms with van der Waals surface area (Å²) in [7, 11) is -2.02. The third-order valence-corrected chi connectivity index (χ3v) is 6.31. The third-order valence-electron chi connectivity index (χ3n) is 3.93. The molecule has 0 bridgehead atoms. The molecule has 12 heteroatoms. The molecule has 0 spiro atoms. The topological polar surface area (TPSA) is 135 Å². The average Bonchev–Trinajstić information content (AvgIpc) is 3.16. The average molecular weight is 446 g/mol. The van der Waals surface area contributed by atoms with Crippen LogP contribution in [0.5, 0.6) is 0 Å². The van der Waals surface area contributed by atoms with Gasteiger partial charge in [0.2, 0.25) is 0 Å². The first kappa shape index (κ1) is 22.9. The van der Waals surface area contributed by atoms with Crippen molar-refractivity contribution in [2.24, 2.45) is 0 Å². The van der Waals surface area contributed by atoms with Crippen molar-refractivity contribution >= 4 is 36.8 Å². The Labute approximate surface area is 172 Å². The highest BCUT2D eigenvalue weighted by atomic mass is 35.5. The molecular weight excluding hydrogens is 425 g/mol. The molecule has 0 aliphatic heterocycles. The van der Waals surface area contributed by atoms with Crippen LogP contribution in [0.25, 0.3) is 0 Å². The lowest BCUT2D eigenvalue weighted by Crippen LogP contribution is -2.22. The smallest absolute Gasteiger partial charge is 0.433 e. The Morgan fingerprint density at radius 3 is 2.55 bits per heavy atom. The summed E-state index contributed by atoms with van der Waals surface area (Å²) in [5, 5.41) is 22.5. The first-order valence-electron chi connectivity index (χ1n) is 8.62. The maximum absolute atomic E-state index is 13.5. The highest BCUT2D eigenvalue weighted by Crippen LogP contribution is 2.50. The Morgan fingerprint density at radius 1 is 1.31 bits per heavy atom. The molecule has 1 atom stereocenters. The SMILES string of the molecule is CN(CCCCCl)P(=O)(Nc1ccc(C(=O)O)cc1)OCc1ccc([N+](=O)[O-])o1. The van der Waals surface area contributed by atoms with Gasteiger partial charge in [0.1, 0.15) is 17.3 Å². The molecule has 0 saturated heterocycles. The zero-order valence-electron chi connectivity index (χ0n) is 15.6. The number of benzene rings is 1. The Balaban J connectivity index is 2.16. The van der Waals surface area contributed by atoms with Crippen molar-refractivity contribution in [2.75, 3.05) is 24.6 Å². The Hall–Kier alpha value is -2.39. The monoisotopic (exact) mass is 445 g/mol. The van der Waals surface area contributed by atoms with Gasteiger partial charge in [-0.15, -0.1) is 11.6 Å². The third kappa shape index (κ3) is 6.57. The maximum atomic E-state index is 13.5. The summed E-state index contributed by atoms with van der Waals surface area (Å²) in [6.07, 6.45) is 1.41. The van der Waals surface area contributed by atoms with Gasteiger partial charge in [-0.25, -0.2) is 14.0 Å². The molecule has 1 aromatic heterocycles. The van der Waals surface area contributed by atoms with Crippen LogP contribution in [0.2, 0.25) is 0 Å². The second kappa shape index (κ2) is 10.4. The molecule has 2 aromatic rings. The summed E-state index contributed by atoms with van der Waals surface area (Å²) < 4.78 is 25.6. The number of carboxylic acid groups (broad SMARTS) is 1. The minimum absolute atomic E-state index is 0.0877. The van der Waals surface area contributed by atoms with Crippen LogP contribution in [0.3, 0.4) is 0 Å². The molecule has 158 valence electrons. The summed E-state index contributed by atoms with van der Waals surface area (Å²) in [5.74, 6) is -0.895. The number of rotatable bonds is 12. The van der Waals surface area contributed by atoms with Gasteiger partial charge in [-0.2, -0.15) is 0 Å². The number of carboxylic acids is 1. The van der Waals surface area contributed by atoms with Crippen LogP contribution in [0.1, 0.15) is 29.0 Å². The molecule has 0 saturated carbocycles. The van der Waals surface area contributed by atoms with Crippen molar-refractivity contribution in [3.05, 3.63) is 57.8 Å². The molecule has 2 rings (SSSR count). The fourth-order valence-electron chi connectivity index (χ4n) is 2.33. The number of aromatic carboxylic acids is 1. The molecule has 0 aliphatic carbocycles. The second-order valence-corrected chi connectivity index (χ2v) is 8.65. The Morgan fingerprint density at radius 2 is 2.00 bits per heavy atom. The van der Waals surface area contributed by atoms with Gasteiger partial charge in [-0.1, -0.05) is 0 Å². The van der Waals surface area contributed by atoms with Crippen LogP contribution in [0, 0.1) is 10.1 Å². The molecule has 0 amide bonds. The zero-order chi connectivity index (χ0) is 21.4. The van der Waals surface area contributed by atoms with Crippen molar-refractivity contribution in [2.45, 2.75) is 19.4 Å². The number of anilines is 1. The summed E-state index contributed by atoms with van der Waals surface area (Å²) in [6, 6.07) is 8.26. The van der Waals surface area contributed by atoms with E-state index < -0.39 is 24.4 Å². The number of nitro groups is 1. The molecule has 1 unspecified atom stereocenters. The predicted octanol–water partition coefficient (Wildman–Crippen LogP) is 4.57. The number of furan rings is 1. The summed E-state index contributed by atoms with van der Waals surface area (Å²) in [4.78, 5) is 21.0. The van der Waals surface area contributed by atoms with Crippen LogP contribution in [0.15, 0.2) is 40.8 Å². The number of unbranched alkanes of at least 4 members (excludes halogenated alkanes) is 1. The van der Waals surface area contributed by atoms with E-state index in [0.717, 1.165) is 6.42 Å². The van der Waals surface area contributed by atoms with Gasteiger partial charge in [0, 0.05) is 18.1 Å². The Bertz CT molecular complexity index is 887. The highest BCUT2D eigenvalue weighted by Gasteiger charge is 2.30. The lowest BCUT2D eigenvalue weighted by atomic mass is 10.2. The number of halogens is 1. The largest absolute Gasteiger partial charge is 0.478 e.